The van der Waals surface area contributed by atoms with Crippen LogP contribution in [0, 0.1) is 0 Å². The Morgan fingerprint density at radius 3 is 1.13 bits per heavy atom. The predicted octanol–water partition coefficient (Wildman–Crippen LogP) is -8.55. The third-order valence-electron chi connectivity index (χ3n) is 4.07. The van der Waals surface area contributed by atoms with Crippen LogP contribution in [0.15, 0.2) is 0 Å². The van der Waals surface area contributed by atoms with Crippen LogP contribution < -0.4 is 10.6 Å². The van der Waals surface area contributed by atoms with Crippen molar-refractivity contribution in [1.82, 2.24) is 10.6 Å². The van der Waals surface area contributed by atoms with Gasteiger partial charge in [-0.15, -0.1) is 0 Å². The van der Waals surface area contributed by atoms with E-state index in [0.29, 0.717) is 0 Å². The van der Waals surface area contributed by atoms with Gasteiger partial charge < -0.3 is 66.8 Å². The van der Waals surface area contributed by atoms with Crippen molar-refractivity contribution < 1.29 is 65.8 Å². The molecule has 0 aliphatic heterocycles. The average Bonchev–Trinajstić information content (AvgIpc) is 2.76. The molecule has 0 aliphatic rings. The van der Waals surface area contributed by atoms with E-state index < -0.39 is 93.1 Å². The number of aliphatic hydroxyl groups is 11. The lowest BCUT2D eigenvalue weighted by Crippen LogP contribution is -2.54. The molecule has 15 nitrogen and oxygen atoms in total. The first-order valence-corrected chi connectivity index (χ1v) is 8.78. The first-order chi connectivity index (χ1) is 13.9. The van der Waals surface area contributed by atoms with Gasteiger partial charge >= 0.3 is 0 Å². The van der Waals surface area contributed by atoms with E-state index in [0.717, 1.165) is 0 Å². The maximum Gasteiger partial charge on any atom is 0.251 e. The van der Waals surface area contributed by atoms with Crippen LogP contribution in [0.3, 0.4) is 0 Å². The van der Waals surface area contributed by atoms with Gasteiger partial charge in [-0.3, -0.25) is 9.59 Å². The van der Waals surface area contributed by atoms with Crippen LogP contribution in [-0.4, -0.2) is 149 Å². The minimum atomic E-state index is -2.22. The summed E-state index contributed by atoms with van der Waals surface area (Å²) in [6.07, 6.45) is -17.9. The zero-order chi connectivity index (χ0) is 23.6. The van der Waals surface area contributed by atoms with E-state index >= 15 is 0 Å². The van der Waals surface area contributed by atoms with E-state index in [2.05, 4.69) is 0 Å². The first kappa shape index (κ1) is 28.5. The van der Waals surface area contributed by atoms with Crippen molar-refractivity contribution in [3.8, 4) is 0 Å². The topological polar surface area (TPSA) is 281 Å². The van der Waals surface area contributed by atoms with Crippen molar-refractivity contribution in [3.05, 3.63) is 0 Å². The van der Waals surface area contributed by atoms with E-state index in [1.807, 2.05) is 10.6 Å². The molecular formula is C15H30N2O13. The maximum absolute atomic E-state index is 11.7. The molecule has 0 heterocycles. The Labute approximate surface area is 170 Å². The number of nitrogens with one attached hydrogen (secondary N) is 2. The number of hydrogen-bond acceptors (Lipinski definition) is 13. The number of hydrogen-bond donors (Lipinski definition) is 13. The second kappa shape index (κ2) is 13.7. The lowest BCUT2D eigenvalue weighted by molar-refractivity contribution is -0.149. The molecule has 0 aromatic heterocycles. The van der Waals surface area contributed by atoms with Gasteiger partial charge in [0.1, 0.15) is 36.6 Å². The smallest absolute Gasteiger partial charge is 0.251 e. The van der Waals surface area contributed by atoms with Gasteiger partial charge in [0.25, 0.3) is 11.8 Å². The molecule has 0 rings (SSSR count). The van der Waals surface area contributed by atoms with Crippen LogP contribution in [0.5, 0.6) is 0 Å². The molecule has 0 radical (unpaired) electrons. The Morgan fingerprint density at radius 1 is 0.567 bits per heavy atom. The zero-order valence-corrected chi connectivity index (χ0v) is 15.8. The summed E-state index contributed by atoms with van der Waals surface area (Å²) < 4.78 is 0. The van der Waals surface area contributed by atoms with Crippen molar-refractivity contribution in [3.63, 3.8) is 0 Å². The normalized spacial score (nSPS) is 19.9. The Bertz CT molecular complexity index is 481. The van der Waals surface area contributed by atoms with Gasteiger partial charge in [-0.05, 0) is 0 Å². The van der Waals surface area contributed by atoms with Crippen LogP contribution in [0.1, 0.15) is 0 Å². The molecule has 0 spiro atoms. The minimum absolute atomic E-state index is 0.577. The Balaban J connectivity index is 4.46. The molecule has 0 aromatic rings. The molecule has 178 valence electrons. The van der Waals surface area contributed by atoms with Gasteiger partial charge in [-0.1, -0.05) is 0 Å². The number of carbonyl (C=O) groups excluding carboxylic acids is 2. The van der Waals surface area contributed by atoms with Crippen molar-refractivity contribution in [1.29, 1.82) is 0 Å². The van der Waals surface area contributed by atoms with Gasteiger partial charge in [-0.25, -0.2) is 0 Å². The molecule has 0 saturated heterocycles. The van der Waals surface area contributed by atoms with Gasteiger partial charge in [0.15, 0.2) is 12.2 Å². The highest BCUT2D eigenvalue weighted by molar-refractivity contribution is 5.82. The lowest BCUT2D eigenvalue weighted by atomic mass is 10.0. The van der Waals surface area contributed by atoms with E-state index in [9.17, 15) is 45.3 Å². The van der Waals surface area contributed by atoms with Crippen molar-refractivity contribution in [2.75, 3.05) is 26.3 Å². The standard InChI is InChI=1S/C15H30N2O13/c18-3-6(21)8(23)10(25)12(27)14(29)16-1-5(20)2-17-15(30)13(28)11(26)9(24)7(22)4-19/h5-13,18-28H,1-4H2,(H,16,29)(H,17,30)/t6-,7-,8-,9-,10+,11+,12-,13-/m1/s1. The molecule has 0 aromatic carbocycles. The zero-order valence-electron chi connectivity index (χ0n) is 15.8. The Hall–Kier alpha value is -1.50. The fraction of sp³-hybridized carbons (Fsp3) is 0.867. The number of rotatable bonds is 14. The summed E-state index contributed by atoms with van der Waals surface area (Å²) in [6.45, 7) is -3.04. The largest absolute Gasteiger partial charge is 0.394 e. The summed E-state index contributed by atoms with van der Waals surface area (Å²) in [7, 11) is 0. The van der Waals surface area contributed by atoms with Crippen LogP contribution >= 0.6 is 0 Å². The fourth-order valence-electron chi connectivity index (χ4n) is 2.07. The molecule has 13 N–H and O–H groups in total. The highest BCUT2D eigenvalue weighted by Gasteiger charge is 2.35. The Morgan fingerprint density at radius 2 is 0.867 bits per heavy atom. The average molecular weight is 446 g/mol. The van der Waals surface area contributed by atoms with Gasteiger partial charge in [0.2, 0.25) is 0 Å². The van der Waals surface area contributed by atoms with Crippen molar-refractivity contribution in [2.45, 2.75) is 54.9 Å². The van der Waals surface area contributed by atoms with E-state index in [1.54, 1.807) is 0 Å². The molecule has 0 bridgehead atoms. The molecule has 15 heteroatoms. The SMILES string of the molecule is O=C(NCC(O)CNC(=O)[C@H](O)[C@@H](O)[C@H](O)[C@H](O)CO)[C@H](O)[C@@H](O)[C@H](O)[C@H](O)CO. The predicted molar refractivity (Wildman–Crippen MR) is 94.3 cm³/mol. The van der Waals surface area contributed by atoms with Crippen LogP contribution in [0.25, 0.3) is 0 Å². The van der Waals surface area contributed by atoms with Crippen molar-refractivity contribution in [2.24, 2.45) is 0 Å². The molecule has 2 amide bonds. The van der Waals surface area contributed by atoms with Gasteiger partial charge in [0, 0.05) is 13.1 Å². The number of carbonyl (C=O) groups is 2. The maximum atomic E-state index is 11.7. The summed E-state index contributed by atoms with van der Waals surface area (Å²) in [5.74, 6) is -2.51. The third-order valence-corrected chi connectivity index (χ3v) is 4.07. The van der Waals surface area contributed by atoms with Crippen molar-refractivity contribution >= 4 is 11.8 Å². The number of aliphatic hydroxyl groups excluding tert-OH is 11. The molecular weight excluding hydrogens is 416 g/mol. The van der Waals surface area contributed by atoms with Crippen LogP contribution in [0.4, 0.5) is 0 Å². The molecule has 0 aliphatic carbocycles. The third kappa shape index (κ3) is 8.70. The van der Waals surface area contributed by atoms with E-state index in [-0.39, 0.29) is 0 Å². The van der Waals surface area contributed by atoms with E-state index in [1.165, 1.54) is 0 Å². The monoisotopic (exact) mass is 446 g/mol. The minimum Gasteiger partial charge on any atom is -0.394 e. The lowest BCUT2D eigenvalue weighted by Gasteiger charge is -2.26. The van der Waals surface area contributed by atoms with Gasteiger partial charge in [-0.2, -0.15) is 0 Å². The highest BCUT2D eigenvalue weighted by Crippen LogP contribution is 2.06. The highest BCUT2D eigenvalue weighted by atomic mass is 16.4. The van der Waals surface area contributed by atoms with Crippen LogP contribution in [0.2, 0.25) is 0 Å². The molecule has 0 fully saturated rings. The summed E-state index contributed by atoms with van der Waals surface area (Å²) >= 11 is 0. The van der Waals surface area contributed by atoms with E-state index in [4.69, 9.17) is 20.4 Å². The molecule has 30 heavy (non-hydrogen) atoms. The quantitative estimate of drug-likeness (QED) is 0.118. The number of amides is 2. The molecule has 8 atom stereocenters. The molecule has 0 unspecified atom stereocenters. The van der Waals surface area contributed by atoms with Gasteiger partial charge in [0.05, 0.1) is 19.3 Å². The Kier molecular flexibility index (Phi) is 13.0. The summed E-state index contributed by atoms with van der Waals surface area (Å²) in [5.41, 5.74) is 0. The van der Waals surface area contributed by atoms with Crippen LogP contribution in [-0.2, 0) is 9.59 Å². The summed E-state index contributed by atoms with van der Waals surface area (Å²) in [6, 6.07) is 0. The first-order valence-electron chi connectivity index (χ1n) is 8.78. The summed E-state index contributed by atoms with van der Waals surface area (Å²) in [5, 5.41) is 106. The second-order valence-electron chi connectivity index (χ2n) is 6.50. The second-order valence-corrected chi connectivity index (χ2v) is 6.50. The summed E-state index contributed by atoms with van der Waals surface area (Å²) in [4.78, 5) is 23.4. The molecule has 0 saturated carbocycles. The fourth-order valence-corrected chi connectivity index (χ4v) is 2.07.